The van der Waals surface area contributed by atoms with Gasteiger partial charge in [-0.1, -0.05) is 35.0 Å². The molecule has 3 rings (SSSR count). The number of aryl methyl sites for hydroxylation is 1. The van der Waals surface area contributed by atoms with Crippen LogP contribution in [0.25, 0.3) is 0 Å². The number of rotatable bonds is 3. The molecule has 1 aromatic carbocycles. The summed E-state index contributed by atoms with van der Waals surface area (Å²) in [6, 6.07) is 10.4. The van der Waals surface area contributed by atoms with Crippen LogP contribution in [0.2, 0.25) is 0 Å². The molecule has 0 aliphatic carbocycles. The number of fused-ring (bicyclic) bond motifs is 2. The van der Waals surface area contributed by atoms with E-state index >= 15 is 0 Å². The minimum absolute atomic E-state index is 0.460. The third-order valence-electron chi connectivity index (χ3n) is 5.17. The predicted octanol–water partition coefficient (Wildman–Crippen LogP) is 3.19. The van der Waals surface area contributed by atoms with Crippen LogP contribution in [0.15, 0.2) is 29.4 Å². The van der Waals surface area contributed by atoms with Crippen molar-refractivity contribution in [2.75, 3.05) is 14.2 Å². The van der Waals surface area contributed by atoms with Crippen molar-refractivity contribution in [3.8, 4) is 0 Å². The van der Waals surface area contributed by atoms with Crippen LogP contribution in [0.4, 0.5) is 0 Å². The highest BCUT2D eigenvalue weighted by Crippen LogP contribution is 2.45. The second-order valence-electron chi connectivity index (χ2n) is 6.23. The molecule has 2 unspecified atom stereocenters. The Bertz CT molecular complexity index is 482. The van der Waals surface area contributed by atoms with Crippen molar-refractivity contribution in [3.63, 3.8) is 0 Å². The van der Waals surface area contributed by atoms with E-state index in [1.165, 1.54) is 30.4 Å². The molecule has 2 aliphatic rings. The van der Waals surface area contributed by atoms with Crippen LogP contribution in [-0.2, 0) is 4.84 Å². The minimum Gasteiger partial charge on any atom is -0.399 e. The summed E-state index contributed by atoms with van der Waals surface area (Å²) in [6.45, 7) is 2.14. The van der Waals surface area contributed by atoms with Crippen LogP contribution in [-0.4, -0.2) is 37.4 Å². The number of nitrogens with zero attached hydrogens (tertiary/aromatic N) is 2. The lowest BCUT2D eigenvalue weighted by Crippen LogP contribution is -2.46. The molecular weight excluding hydrogens is 248 g/mol. The van der Waals surface area contributed by atoms with Crippen LogP contribution in [0, 0.1) is 12.8 Å². The van der Waals surface area contributed by atoms with Crippen LogP contribution in [0.1, 0.15) is 36.3 Å². The molecule has 108 valence electrons. The van der Waals surface area contributed by atoms with Crippen molar-refractivity contribution in [2.24, 2.45) is 11.1 Å². The van der Waals surface area contributed by atoms with E-state index in [2.05, 4.69) is 48.3 Å². The number of hydrogen-bond donors (Lipinski definition) is 0. The SMILES string of the molecule is CON=CC1C2CC[C@H](C[C@@H]1c1ccc(C)cc1)N2C. The number of hydrogen-bond acceptors (Lipinski definition) is 3. The Balaban J connectivity index is 1.91. The van der Waals surface area contributed by atoms with Gasteiger partial charge in [-0.15, -0.1) is 0 Å². The standard InChI is InChI=1S/C17H24N2O/c1-12-4-6-13(7-5-12)15-10-14-8-9-17(19(14)2)16(15)11-18-20-3/h4-7,11,14-17H,8-10H2,1-3H3/t14-,15-,16?,17?/m1/s1. The van der Waals surface area contributed by atoms with Crippen molar-refractivity contribution >= 4 is 6.21 Å². The van der Waals surface area contributed by atoms with E-state index < -0.39 is 0 Å². The van der Waals surface area contributed by atoms with E-state index in [1.807, 2.05) is 6.21 Å². The Morgan fingerprint density at radius 1 is 1.25 bits per heavy atom. The molecular formula is C17H24N2O. The van der Waals surface area contributed by atoms with Crippen molar-refractivity contribution in [1.82, 2.24) is 4.90 Å². The molecule has 0 aromatic heterocycles. The maximum Gasteiger partial charge on any atom is 0.106 e. The Kier molecular flexibility index (Phi) is 3.79. The molecule has 3 nitrogen and oxygen atoms in total. The summed E-state index contributed by atoms with van der Waals surface area (Å²) in [4.78, 5) is 7.49. The maximum atomic E-state index is 4.94. The first kappa shape index (κ1) is 13.6. The lowest BCUT2D eigenvalue weighted by Gasteiger charge is -2.41. The third kappa shape index (κ3) is 2.35. The fourth-order valence-corrected chi connectivity index (χ4v) is 4.01. The minimum atomic E-state index is 0.460. The van der Waals surface area contributed by atoms with Crippen molar-refractivity contribution < 1.29 is 4.84 Å². The van der Waals surface area contributed by atoms with Crippen molar-refractivity contribution in [3.05, 3.63) is 35.4 Å². The summed E-state index contributed by atoms with van der Waals surface area (Å²) in [5, 5.41) is 4.09. The quantitative estimate of drug-likeness (QED) is 0.623. The summed E-state index contributed by atoms with van der Waals surface area (Å²) >= 11 is 0. The molecule has 2 heterocycles. The van der Waals surface area contributed by atoms with Gasteiger partial charge in [0.1, 0.15) is 7.11 Å². The third-order valence-corrected chi connectivity index (χ3v) is 5.17. The molecule has 0 N–H and O–H groups in total. The number of benzene rings is 1. The van der Waals surface area contributed by atoms with Gasteiger partial charge >= 0.3 is 0 Å². The van der Waals surface area contributed by atoms with Gasteiger partial charge in [0, 0.05) is 24.2 Å². The molecule has 3 heteroatoms. The highest BCUT2D eigenvalue weighted by molar-refractivity contribution is 5.64. The van der Waals surface area contributed by atoms with E-state index in [1.54, 1.807) is 7.11 Å². The second kappa shape index (κ2) is 5.57. The fraction of sp³-hybridized carbons (Fsp3) is 0.588. The zero-order chi connectivity index (χ0) is 14.1. The first-order valence-electron chi connectivity index (χ1n) is 7.56. The highest BCUT2D eigenvalue weighted by atomic mass is 16.6. The van der Waals surface area contributed by atoms with E-state index in [4.69, 9.17) is 4.84 Å². The average molecular weight is 272 g/mol. The van der Waals surface area contributed by atoms with Gasteiger partial charge in [-0.2, -0.15) is 0 Å². The predicted molar refractivity (Wildman–Crippen MR) is 82.1 cm³/mol. The molecule has 0 spiro atoms. The lowest BCUT2D eigenvalue weighted by atomic mass is 9.77. The molecule has 0 radical (unpaired) electrons. The summed E-state index contributed by atoms with van der Waals surface area (Å²) in [6.07, 6.45) is 5.87. The smallest absolute Gasteiger partial charge is 0.106 e. The molecule has 2 aliphatic heterocycles. The average Bonchev–Trinajstić information content (AvgIpc) is 2.71. The Morgan fingerprint density at radius 2 is 2.00 bits per heavy atom. The first-order valence-corrected chi connectivity index (χ1v) is 7.56. The Morgan fingerprint density at radius 3 is 2.70 bits per heavy atom. The lowest BCUT2D eigenvalue weighted by molar-refractivity contribution is 0.131. The molecule has 1 aromatic rings. The van der Waals surface area contributed by atoms with Crippen LogP contribution >= 0.6 is 0 Å². The zero-order valence-electron chi connectivity index (χ0n) is 12.6. The van der Waals surface area contributed by atoms with E-state index in [-0.39, 0.29) is 0 Å². The van der Waals surface area contributed by atoms with Gasteiger partial charge < -0.3 is 4.84 Å². The summed E-state index contributed by atoms with van der Waals surface area (Å²) in [7, 11) is 3.89. The molecule has 4 atom stereocenters. The maximum absolute atomic E-state index is 4.94. The molecule has 2 fully saturated rings. The first-order chi connectivity index (χ1) is 9.70. The van der Waals surface area contributed by atoms with Crippen molar-refractivity contribution in [1.29, 1.82) is 0 Å². The Labute approximate surface area is 121 Å². The second-order valence-corrected chi connectivity index (χ2v) is 6.23. The number of oxime groups is 1. The normalized spacial score (nSPS) is 33.8. The van der Waals surface area contributed by atoms with E-state index in [9.17, 15) is 0 Å². The van der Waals surface area contributed by atoms with Gasteiger partial charge in [-0.25, -0.2) is 0 Å². The summed E-state index contributed by atoms with van der Waals surface area (Å²) in [5.41, 5.74) is 2.78. The topological polar surface area (TPSA) is 24.8 Å². The monoisotopic (exact) mass is 272 g/mol. The molecule has 20 heavy (non-hydrogen) atoms. The van der Waals surface area contributed by atoms with Gasteiger partial charge in [0.05, 0.1) is 0 Å². The molecule has 0 saturated carbocycles. The van der Waals surface area contributed by atoms with Gasteiger partial charge in [-0.3, -0.25) is 4.90 Å². The largest absolute Gasteiger partial charge is 0.399 e. The van der Waals surface area contributed by atoms with E-state index in [0.29, 0.717) is 17.9 Å². The summed E-state index contributed by atoms with van der Waals surface area (Å²) in [5.74, 6) is 1.03. The fourth-order valence-electron chi connectivity index (χ4n) is 4.01. The Hall–Kier alpha value is -1.35. The van der Waals surface area contributed by atoms with Gasteiger partial charge in [0.25, 0.3) is 0 Å². The molecule has 2 saturated heterocycles. The number of piperidine rings is 1. The van der Waals surface area contributed by atoms with Crippen LogP contribution in [0.5, 0.6) is 0 Å². The van der Waals surface area contributed by atoms with Gasteiger partial charge in [-0.05, 0) is 44.7 Å². The van der Waals surface area contributed by atoms with Crippen LogP contribution < -0.4 is 0 Å². The van der Waals surface area contributed by atoms with Gasteiger partial charge in [0.15, 0.2) is 0 Å². The van der Waals surface area contributed by atoms with Crippen LogP contribution in [0.3, 0.4) is 0 Å². The van der Waals surface area contributed by atoms with E-state index in [0.717, 1.165) is 6.04 Å². The van der Waals surface area contributed by atoms with Gasteiger partial charge in [0.2, 0.25) is 0 Å². The zero-order valence-corrected chi connectivity index (χ0v) is 12.6. The molecule has 0 amide bonds. The summed E-state index contributed by atoms with van der Waals surface area (Å²) < 4.78 is 0. The molecule has 2 bridgehead atoms. The highest BCUT2D eigenvalue weighted by Gasteiger charge is 2.45. The van der Waals surface area contributed by atoms with Crippen molar-refractivity contribution in [2.45, 2.75) is 44.2 Å².